The lowest BCUT2D eigenvalue weighted by Crippen LogP contribution is -2.33. The van der Waals surface area contributed by atoms with E-state index in [0.717, 1.165) is 0 Å². The number of aromatic amines is 2. The molecule has 2 aliphatic heterocycles. The number of ether oxygens (including phenoxy) is 2. The summed E-state index contributed by atoms with van der Waals surface area (Å²) >= 11 is 12.5. The molecule has 0 radical (unpaired) electrons. The normalized spacial score (nSPS) is 22.1. The minimum atomic E-state index is -4.50. The zero-order chi connectivity index (χ0) is 31.8. The van der Waals surface area contributed by atoms with Crippen LogP contribution in [-0.4, -0.2) is 49.6 Å². The maximum Gasteiger partial charge on any atom is 0.363 e. The highest BCUT2D eigenvalue weighted by atomic mass is 35.5. The molecular formula is C27H27Cl2N4O10P. The maximum atomic E-state index is 14.1. The van der Waals surface area contributed by atoms with Crippen molar-refractivity contribution >= 4 is 30.8 Å². The van der Waals surface area contributed by atoms with Crippen LogP contribution in [0.2, 0.25) is 10.0 Å². The van der Waals surface area contributed by atoms with E-state index in [1.54, 1.807) is 30.4 Å². The van der Waals surface area contributed by atoms with Gasteiger partial charge in [-0.15, -0.1) is 0 Å². The van der Waals surface area contributed by atoms with E-state index in [4.69, 9.17) is 41.7 Å². The van der Waals surface area contributed by atoms with Gasteiger partial charge in [0.25, 0.3) is 11.1 Å². The fourth-order valence-corrected chi connectivity index (χ4v) is 6.90. The number of hydrogen-bond acceptors (Lipinski definition) is 10. The van der Waals surface area contributed by atoms with Gasteiger partial charge in [0, 0.05) is 39.1 Å². The number of hydrogen-bond donors (Lipinski definition) is 3. The highest BCUT2D eigenvalue weighted by Gasteiger charge is 2.41. The first-order valence-corrected chi connectivity index (χ1v) is 15.6. The second-order valence-electron chi connectivity index (χ2n) is 10.00. The third-order valence-electron chi connectivity index (χ3n) is 6.84. The van der Waals surface area contributed by atoms with Crippen LogP contribution in [-0.2, 0) is 23.1 Å². The van der Waals surface area contributed by atoms with Crippen LogP contribution < -0.4 is 22.5 Å². The first-order chi connectivity index (χ1) is 20.9. The molecule has 0 saturated carbocycles. The lowest BCUT2D eigenvalue weighted by Gasteiger charge is -2.27. The summed E-state index contributed by atoms with van der Waals surface area (Å²) < 4.78 is 39.5. The monoisotopic (exact) mass is 668 g/mol. The van der Waals surface area contributed by atoms with Crippen molar-refractivity contribution in [3.05, 3.63) is 123 Å². The summed E-state index contributed by atoms with van der Waals surface area (Å²) in [4.78, 5) is 52.4. The molecule has 234 valence electrons. The van der Waals surface area contributed by atoms with Crippen molar-refractivity contribution in [2.24, 2.45) is 0 Å². The van der Waals surface area contributed by atoms with Crippen LogP contribution >= 0.6 is 30.8 Å². The van der Waals surface area contributed by atoms with Crippen LogP contribution in [0.15, 0.2) is 74.1 Å². The fourth-order valence-electron chi connectivity index (χ4n) is 4.48. The van der Waals surface area contributed by atoms with Gasteiger partial charge >= 0.3 is 19.0 Å². The number of nitrogens with one attached hydrogen (secondary N) is 2. The Kier molecular flexibility index (Phi) is 9.44. The van der Waals surface area contributed by atoms with Crippen molar-refractivity contribution in [3.63, 3.8) is 0 Å². The molecule has 5 rings (SSSR count). The average Bonchev–Trinajstić information content (AvgIpc) is 3.65. The van der Waals surface area contributed by atoms with E-state index in [1.165, 1.54) is 47.5 Å². The summed E-state index contributed by atoms with van der Waals surface area (Å²) in [5.74, 6) is -1.92. The lowest BCUT2D eigenvalue weighted by atomic mass is 10.2. The molecule has 5 atom stereocenters. The SMILES string of the molecule is Cc1cn([C@H]2C=C[C@@H](COP(=O)(OC[C@@H]3C=C[C@H](n4cc(C)c(=O)[nH]c4=O)O3)C(O)c3c(Cl)cccc3Cl)O2)c(=O)[nH]c1=O. The minimum Gasteiger partial charge on any atom is -0.376 e. The molecule has 0 bridgehead atoms. The van der Waals surface area contributed by atoms with Crippen molar-refractivity contribution < 1.29 is 28.2 Å². The molecule has 4 heterocycles. The number of aromatic nitrogens is 4. The van der Waals surface area contributed by atoms with E-state index >= 15 is 0 Å². The van der Waals surface area contributed by atoms with Crippen LogP contribution in [0.1, 0.15) is 35.0 Å². The van der Waals surface area contributed by atoms with Crippen molar-refractivity contribution in [1.29, 1.82) is 0 Å². The van der Waals surface area contributed by atoms with Gasteiger partial charge in [-0.05, 0) is 38.1 Å². The quantitative estimate of drug-likeness (QED) is 0.214. The Morgan fingerprint density at radius 1 is 0.841 bits per heavy atom. The number of halogens is 2. The van der Waals surface area contributed by atoms with E-state index in [9.17, 15) is 28.8 Å². The molecule has 0 amide bonds. The number of H-pyrrole nitrogens is 2. The molecule has 3 aromatic rings. The molecule has 14 nitrogen and oxygen atoms in total. The molecule has 1 unspecified atom stereocenters. The van der Waals surface area contributed by atoms with Gasteiger partial charge in [-0.2, -0.15) is 0 Å². The largest absolute Gasteiger partial charge is 0.376 e. The highest BCUT2D eigenvalue weighted by molar-refractivity contribution is 7.54. The summed E-state index contributed by atoms with van der Waals surface area (Å²) in [5.41, 5.74) is -1.90. The Morgan fingerprint density at radius 3 is 1.70 bits per heavy atom. The second kappa shape index (κ2) is 13.0. The number of benzene rings is 1. The first-order valence-electron chi connectivity index (χ1n) is 13.2. The molecule has 2 aromatic heterocycles. The molecule has 0 fully saturated rings. The molecule has 2 aliphatic rings. The summed E-state index contributed by atoms with van der Waals surface area (Å²) in [6.45, 7) is 2.32. The standard InChI is InChI=1S/C27H27Cl2N4O10P/c1-14-10-32(26(37)30-23(14)34)20-8-6-16(42-20)12-40-44(39,25(36)22-18(28)4-3-5-19(22)29)41-13-17-7-9-21(43-17)33-11-15(2)24(35)31-27(33)38/h3-11,16-17,20-21,25,36H,12-13H2,1-2H3,(H,30,34,37)(H,31,35,38)/t16-,17-,20+,21+,25?/m0/s1. The van der Waals surface area contributed by atoms with E-state index in [-0.39, 0.29) is 28.8 Å². The van der Waals surface area contributed by atoms with E-state index in [1.807, 2.05) is 0 Å². The summed E-state index contributed by atoms with van der Waals surface area (Å²) in [5, 5.41) is 11.3. The molecule has 3 N–H and O–H groups in total. The van der Waals surface area contributed by atoms with Gasteiger partial charge < -0.3 is 23.6 Å². The Morgan fingerprint density at radius 2 is 1.27 bits per heavy atom. The van der Waals surface area contributed by atoms with Crippen molar-refractivity contribution in [2.75, 3.05) is 13.2 Å². The number of aryl methyl sites for hydroxylation is 2. The van der Waals surface area contributed by atoms with Gasteiger partial charge in [-0.3, -0.25) is 33.3 Å². The van der Waals surface area contributed by atoms with Gasteiger partial charge in [0.15, 0.2) is 18.3 Å². The number of aliphatic hydroxyl groups excluding tert-OH is 1. The number of aliphatic hydroxyl groups is 1. The topological polar surface area (TPSA) is 184 Å². The van der Waals surface area contributed by atoms with Crippen LogP contribution in [0.3, 0.4) is 0 Å². The zero-order valence-electron chi connectivity index (χ0n) is 23.2. The van der Waals surface area contributed by atoms with Crippen molar-refractivity contribution in [2.45, 2.75) is 44.4 Å². The molecule has 1 aromatic carbocycles. The average molecular weight is 669 g/mol. The molecule has 17 heteroatoms. The predicted octanol–water partition coefficient (Wildman–Crippen LogP) is 2.84. The zero-order valence-corrected chi connectivity index (χ0v) is 25.6. The van der Waals surface area contributed by atoms with E-state index in [0.29, 0.717) is 11.1 Å². The van der Waals surface area contributed by atoms with E-state index < -0.39 is 60.6 Å². The molecule has 0 saturated heterocycles. The maximum absolute atomic E-state index is 14.1. The van der Waals surface area contributed by atoms with Crippen LogP contribution in [0.4, 0.5) is 0 Å². The number of nitrogens with zero attached hydrogens (tertiary/aromatic N) is 2. The first kappa shape index (κ1) is 32.1. The van der Waals surface area contributed by atoms with Crippen LogP contribution in [0.5, 0.6) is 0 Å². The lowest BCUT2D eigenvalue weighted by molar-refractivity contribution is -0.0221. The van der Waals surface area contributed by atoms with Crippen molar-refractivity contribution in [3.8, 4) is 0 Å². The predicted molar refractivity (Wildman–Crippen MR) is 159 cm³/mol. The smallest absolute Gasteiger partial charge is 0.363 e. The molecule has 0 aliphatic carbocycles. The van der Waals surface area contributed by atoms with Crippen molar-refractivity contribution in [1.82, 2.24) is 19.1 Å². The third-order valence-corrected chi connectivity index (χ3v) is 9.38. The minimum absolute atomic E-state index is 0.0206. The van der Waals surface area contributed by atoms with Gasteiger partial charge in [0.2, 0.25) is 0 Å². The molecular weight excluding hydrogens is 642 g/mol. The summed E-state index contributed by atoms with van der Waals surface area (Å²) in [6, 6.07) is 4.44. The fraction of sp³-hybridized carbons (Fsp3) is 0.333. The Hall–Kier alpha value is -3.33. The van der Waals surface area contributed by atoms with E-state index in [2.05, 4.69) is 9.97 Å². The summed E-state index contributed by atoms with van der Waals surface area (Å²) in [7, 11) is -4.50. The van der Waals surface area contributed by atoms with Gasteiger partial charge in [0.1, 0.15) is 12.2 Å². The van der Waals surface area contributed by atoms with Gasteiger partial charge in [0.05, 0.1) is 13.2 Å². The second-order valence-corrected chi connectivity index (χ2v) is 12.9. The Bertz CT molecular complexity index is 1790. The number of rotatable bonds is 10. The Labute approximate surface area is 258 Å². The van der Waals surface area contributed by atoms with Gasteiger partial charge in [-0.1, -0.05) is 41.4 Å². The summed E-state index contributed by atoms with van der Waals surface area (Å²) in [6.07, 6.45) is 5.51. The highest BCUT2D eigenvalue weighted by Crippen LogP contribution is 2.62. The Balaban J connectivity index is 1.31. The van der Waals surface area contributed by atoms with Crippen LogP contribution in [0.25, 0.3) is 0 Å². The third kappa shape index (κ3) is 6.67. The molecule has 44 heavy (non-hydrogen) atoms. The van der Waals surface area contributed by atoms with Crippen LogP contribution in [0, 0.1) is 13.8 Å². The van der Waals surface area contributed by atoms with Gasteiger partial charge in [-0.25, -0.2) is 9.59 Å². The molecule has 0 spiro atoms.